The van der Waals surface area contributed by atoms with Gasteiger partial charge in [-0.3, -0.25) is 9.88 Å². The SMILES string of the molecule is Cc1ccc(C2CC(N3CCN(c4cccc(-c5nncn5C(C)C)n4)C3=O)C2)cn1. The number of carbonyl (C=O) groups is 1. The average Bonchev–Trinajstić information content (AvgIpc) is 3.36. The summed E-state index contributed by atoms with van der Waals surface area (Å²) in [5.41, 5.74) is 3.03. The van der Waals surface area contributed by atoms with E-state index in [1.165, 1.54) is 5.56 Å². The highest BCUT2D eigenvalue weighted by Crippen LogP contribution is 2.41. The number of aromatic nitrogens is 5. The molecule has 160 valence electrons. The number of pyridine rings is 2. The lowest BCUT2D eigenvalue weighted by atomic mass is 9.75. The van der Waals surface area contributed by atoms with E-state index in [0.717, 1.165) is 30.8 Å². The van der Waals surface area contributed by atoms with E-state index in [1.807, 2.05) is 40.8 Å². The molecule has 0 spiro atoms. The van der Waals surface area contributed by atoms with Gasteiger partial charge in [-0.25, -0.2) is 9.78 Å². The lowest BCUT2D eigenvalue weighted by Crippen LogP contribution is -2.46. The highest BCUT2D eigenvalue weighted by atomic mass is 16.2. The van der Waals surface area contributed by atoms with Crippen molar-refractivity contribution in [3.05, 3.63) is 54.1 Å². The zero-order valence-corrected chi connectivity index (χ0v) is 18.1. The van der Waals surface area contributed by atoms with Crippen molar-refractivity contribution < 1.29 is 4.79 Å². The standard InChI is InChI=1S/C23H27N7O/c1-15(2)30-14-25-27-22(30)20-5-4-6-21(26-20)29-10-9-28(23(29)31)19-11-18(12-19)17-8-7-16(3)24-13-17/h4-8,13-15,18-19H,9-12H2,1-3H3. The van der Waals surface area contributed by atoms with Gasteiger partial charge in [0.2, 0.25) is 0 Å². The molecule has 0 atom stereocenters. The van der Waals surface area contributed by atoms with Crippen LogP contribution < -0.4 is 4.90 Å². The van der Waals surface area contributed by atoms with Gasteiger partial charge in [0, 0.05) is 37.1 Å². The minimum absolute atomic E-state index is 0.0421. The average molecular weight is 418 g/mol. The molecule has 3 aromatic rings. The van der Waals surface area contributed by atoms with Crippen LogP contribution in [0.2, 0.25) is 0 Å². The second-order valence-electron chi connectivity index (χ2n) is 8.72. The van der Waals surface area contributed by atoms with E-state index in [9.17, 15) is 4.79 Å². The molecule has 8 nitrogen and oxygen atoms in total. The molecule has 2 aliphatic rings. The third kappa shape index (κ3) is 3.56. The van der Waals surface area contributed by atoms with Crippen LogP contribution in [0.15, 0.2) is 42.9 Å². The molecule has 1 saturated heterocycles. The van der Waals surface area contributed by atoms with Crippen LogP contribution in [0.25, 0.3) is 11.5 Å². The van der Waals surface area contributed by atoms with Crippen molar-refractivity contribution in [1.82, 2.24) is 29.6 Å². The summed E-state index contributed by atoms with van der Waals surface area (Å²) in [6.45, 7) is 7.55. The molecule has 5 rings (SSSR count). The van der Waals surface area contributed by atoms with Gasteiger partial charge < -0.3 is 9.47 Å². The molecular formula is C23H27N7O. The smallest absolute Gasteiger partial charge is 0.319 e. The Morgan fingerprint density at radius 1 is 1.10 bits per heavy atom. The molecule has 2 amide bonds. The summed E-state index contributed by atoms with van der Waals surface area (Å²) in [5, 5.41) is 8.27. The van der Waals surface area contributed by atoms with Crippen LogP contribution in [0.5, 0.6) is 0 Å². The third-order valence-corrected chi connectivity index (χ3v) is 6.37. The number of carbonyl (C=O) groups excluding carboxylic acids is 1. The lowest BCUT2D eigenvalue weighted by molar-refractivity contribution is 0.147. The number of amides is 2. The minimum atomic E-state index is 0.0421. The van der Waals surface area contributed by atoms with Gasteiger partial charge in [-0.05, 0) is 63.3 Å². The monoisotopic (exact) mass is 417 g/mol. The van der Waals surface area contributed by atoms with Crippen LogP contribution >= 0.6 is 0 Å². The molecule has 0 aromatic carbocycles. The molecule has 0 N–H and O–H groups in total. The summed E-state index contributed by atoms with van der Waals surface area (Å²) in [5.74, 6) is 1.87. The van der Waals surface area contributed by atoms with Crippen LogP contribution in [0, 0.1) is 6.92 Å². The van der Waals surface area contributed by atoms with Crippen LogP contribution in [0.4, 0.5) is 10.6 Å². The predicted molar refractivity (Wildman–Crippen MR) is 118 cm³/mol. The molecule has 1 aliphatic carbocycles. The topological polar surface area (TPSA) is 80.0 Å². The molecular weight excluding hydrogens is 390 g/mol. The maximum atomic E-state index is 13.2. The first kappa shape index (κ1) is 19.7. The second kappa shape index (κ2) is 7.76. The molecule has 31 heavy (non-hydrogen) atoms. The van der Waals surface area contributed by atoms with Gasteiger partial charge in [0.25, 0.3) is 0 Å². The van der Waals surface area contributed by atoms with Crippen molar-refractivity contribution in [2.24, 2.45) is 0 Å². The summed E-state index contributed by atoms with van der Waals surface area (Å²) in [6, 6.07) is 10.5. The Labute approximate surface area is 181 Å². The highest BCUT2D eigenvalue weighted by Gasteiger charge is 2.42. The lowest BCUT2D eigenvalue weighted by Gasteiger charge is -2.41. The number of hydrogen-bond donors (Lipinski definition) is 0. The zero-order valence-electron chi connectivity index (χ0n) is 18.1. The first-order chi connectivity index (χ1) is 15.0. The fourth-order valence-corrected chi connectivity index (χ4v) is 4.44. The zero-order chi connectivity index (χ0) is 21.5. The quantitative estimate of drug-likeness (QED) is 0.631. The van der Waals surface area contributed by atoms with E-state index in [0.29, 0.717) is 24.1 Å². The van der Waals surface area contributed by atoms with Gasteiger partial charge in [-0.2, -0.15) is 0 Å². The van der Waals surface area contributed by atoms with E-state index in [1.54, 1.807) is 11.2 Å². The second-order valence-corrected chi connectivity index (χ2v) is 8.72. The van der Waals surface area contributed by atoms with Crippen molar-refractivity contribution >= 4 is 11.8 Å². The highest BCUT2D eigenvalue weighted by molar-refractivity contribution is 5.93. The Kier molecular flexibility index (Phi) is 4.92. The Balaban J connectivity index is 1.28. The molecule has 1 aliphatic heterocycles. The number of urea groups is 1. The first-order valence-corrected chi connectivity index (χ1v) is 10.9. The van der Waals surface area contributed by atoms with Gasteiger partial charge in [-0.15, -0.1) is 10.2 Å². The summed E-state index contributed by atoms with van der Waals surface area (Å²) in [4.78, 5) is 26.1. The first-order valence-electron chi connectivity index (χ1n) is 10.9. The molecule has 0 bridgehead atoms. The van der Waals surface area contributed by atoms with E-state index in [-0.39, 0.29) is 18.1 Å². The number of aryl methyl sites for hydroxylation is 1. The van der Waals surface area contributed by atoms with Crippen molar-refractivity contribution in [2.75, 3.05) is 18.0 Å². The van der Waals surface area contributed by atoms with Crippen molar-refractivity contribution in [3.63, 3.8) is 0 Å². The number of nitrogens with zero attached hydrogens (tertiary/aromatic N) is 7. The van der Waals surface area contributed by atoms with Gasteiger partial charge in [0.15, 0.2) is 5.82 Å². The molecule has 1 saturated carbocycles. The summed E-state index contributed by atoms with van der Waals surface area (Å²) < 4.78 is 1.98. The fourth-order valence-electron chi connectivity index (χ4n) is 4.44. The van der Waals surface area contributed by atoms with Gasteiger partial charge in [-0.1, -0.05) is 12.1 Å². The number of rotatable bonds is 5. The van der Waals surface area contributed by atoms with E-state index < -0.39 is 0 Å². The van der Waals surface area contributed by atoms with Gasteiger partial charge >= 0.3 is 6.03 Å². The van der Waals surface area contributed by atoms with Gasteiger partial charge in [0.1, 0.15) is 17.8 Å². The normalized spacial score (nSPS) is 21.1. The van der Waals surface area contributed by atoms with Crippen LogP contribution in [0.1, 0.15) is 49.9 Å². The summed E-state index contributed by atoms with van der Waals surface area (Å²) in [6.07, 6.45) is 5.68. The maximum Gasteiger partial charge on any atom is 0.326 e. The van der Waals surface area contributed by atoms with Crippen molar-refractivity contribution in [3.8, 4) is 11.5 Å². The van der Waals surface area contributed by atoms with E-state index in [4.69, 9.17) is 4.98 Å². The molecule has 4 heterocycles. The van der Waals surface area contributed by atoms with Crippen molar-refractivity contribution in [1.29, 1.82) is 0 Å². The Bertz CT molecular complexity index is 1090. The Morgan fingerprint density at radius 3 is 2.68 bits per heavy atom. The number of hydrogen-bond acceptors (Lipinski definition) is 5. The molecule has 2 fully saturated rings. The summed E-state index contributed by atoms with van der Waals surface area (Å²) >= 11 is 0. The third-order valence-electron chi connectivity index (χ3n) is 6.37. The molecule has 0 unspecified atom stereocenters. The number of anilines is 1. The predicted octanol–water partition coefficient (Wildman–Crippen LogP) is 3.81. The van der Waals surface area contributed by atoms with Crippen LogP contribution in [-0.4, -0.2) is 54.8 Å². The Hall–Kier alpha value is -3.29. The molecule has 8 heteroatoms. The van der Waals surface area contributed by atoms with Crippen molar-refractivity contribution in [2.45, 2.75) is 51.6 Å². The molecule has 0 radical (unpaired) electrons. The van der Waals surface area contributed by atoms with Crippen LogP contribution in [-0.2, 0) is 0 Å². The molecule has 3 aromatic heterocycles. The maximum absolute atomic E-state index is 13.2. The van der Waals surface area contributed by atoms with E-state index >= 15 is 0 Å². The Morgan fingerprint density at radius 2 is 1.94 bits per heavy atom. The van der Waals surface area contributed by atoms with E-state index in [2.05, 4.69) is 41.2 Å². The van der Waals surface area contributed by atoms with Crippen LogP contribution in [0.3, 0.4) is 0 Å². The summed E-state index contributed by atoms with van der Waals surface area (Å²) in [7, 11) is 0. The van der Waals surface area contributed by atoms with Gasteiger partial charge in [0.05, 0.1) is 0 Å². The minimum Gasteiger partial charge on any atom is -0.319 e. The largest absolute Gasteiger partial charge is 0.326 e. The fraction of sp³-hybridized carbons (Fsp3) is 0.435.